The lowest BCUT2D eigenvalue weighted by Gasteiger charge is -2.04. The topological polar surface area (TPSA) is 124 Å². The summed E-state index contributed by atoms with van der Waals surface area (Å²) in [4.78, 5) is 27.4. The number of anilines is 2. The Morgan fingerprint density at radius 1 is 1.14 bits per heavy atom. The fourth-order valence-electron chi connectivity index (χ4n) is 1.89. The molecule has 0 fully saturated rings. The van der Waals surface area contributed by atoms with Gasteiger partial charge in [-0.25, -0.2) is 15.0 Å². The molecular formula is C13H11BrN6OS. The third kappa shape index (κ3) is 3.20. The number of halogens is 1. The highest BCUT2D eigenvalue weighted by molar-refractivity contribution is 9.10. The minimum absolute atomic E-state index is 0.185. The van der Waals surface area contributed by atoms with Crippen LogP contribution in [0.2, 0.25) is 0 Å². The lowest BCUT2D eigenvalue weighted by atomic mass is 10.2. The molecule has 22 heavy (non-hydrogen) atoms. The van der Waals surface area contributed by atoms with Crippen molar-refractivity contribution in [3.8, 4) is 0 Å². The van der Waals surface area contributed by atoms with Crippen LogP contribution >= 0.6 is 27.7 Å². The normalized spacial score (nSPS) is 11.0. The molecule has 0 saturated carbocycles. The molecule has 0 aliphatic rings. The van der Waals surface area contributed by atoms with Crippen LogP contribution in [-0.4, -0.2) is 19.9 Å². The predicted molar refractivity (Wildman–Crippen MR) is 90.5 cm³/mol. The second-order valence-electron chi connectivity index (χ2n) is 4.46. The third-order valence-corrected chi connectivity index (χ3v) is 4.15. The van der Waals surface area contributed by atoms with Gasteiger partial charge in [-0.15, -0.1) is 0 Å². The first kappa shape index (κ1) is 14.8. The molecule has 0 amide bonds. The highest BCUT2D eigenvalue weighted by Gasteiger charge is 2.07. The standard InChI is InChI=1S/C13H11BrN6OS/c14-6-1-2-8-7(3-6)12(21)20-11(17-8)5-22-13-18-9(15)4-10(16)19-13/h1-4H,5H2,(H,17,20,21)(H4,15,16,18,19). The molecule has 2 aromatic heterocycles. The largest absolute Gasteiger partial charge is 0.383 e. The van der Waals surface area contributed by atoms with E-state index in [2.05, 4.69) is 35.9 Å². The number of thioether (sulfide) groups is 1. The number of hydrogen-bond acceptors (Lipinski definition) is 7. The Labute approximate surface area is 137 Å². The molecule has 9 heteroatoms. The van der Waals surface area contributed by atoms with Gasteiger partial charge in [0, 0.05) is 10.5 Å². The van der Waals surface area contributed by atoms with Crippen molar-refractivity contribution in [2.45, 2.75) is 10.9 Å². The van der Waals surface area contributed by atoms with Crippen LogP contribution in [0.3, 0.4) is 0 Å². The number of rotatable bonds is 3. The van der Waals surface area contributed by atoms with Crippen LogP contribution in [0.5, 0.6) is 0 Å². The van der Waals surface area contributed by atoms with Crippen molar-refractivity contribution in [2.24, 2.45) is 0 Å². The van der Waals surface area contributed by atoms with Gasteiger partial charge in [0.15, 0.2) is 5.16 Å². The molecule has 0 radical (unpaired) electrons. The van der Waals surface area contributed by atoms with E-state index in [1.165, 1.54) is 17.8 Å². The van der Waals surface area contributed by atoms with Gasteiger partial charge in [-0.1, -0.05) is 27.7 Å². The number of hydrogen-bond donors (Lipinski definition) is 3. The number of fused-ring (bicyclic) bond motifs is 1. The van der Waals surface area contributed by atoms with Gasteiger partial charge >= 0.3 is 0 Å². The number of nitrogens with zero attached hydrogens (tertiary/aromatic N) is 3. The van der Waals surface area contributed by atoms with Crippen LogP contribution in [0.4, 0.5) is 11.6 Å². The first-order valence-corrected chi connectivity index (χ1v) is 8.00. The van der Waals surface area contributed by atoms with E-state index in [0.717, 1.165) is 4.47 Å². The van der Waals surface area contributed by atoms with Crippen molar-refractivity contribution >= 4 is 50.2 Å². The lowest BCUT2D eigenvalue weighted by molar-refractivity contribution is 0.973. The summed E-state index contributed by atoms with van der Waals surface area (Å²) in [5.74, 6) is 1.55. The van der Waals surface area contributed by atoms with Crippen LogP contribution < -0.4 is 17.0 Å². The van der Waals surface area contributed by atoms with Crippen LogP contribution in [0.25, 0.3) is 10.9 Å². The summed E-state index contributed by atoms with van der Waals surface area (Å²) in [6.07, 6.45) is 0. The maximum absolute atomic E-state index is 12.1. The van der Waals surface area contributed by atoms with Gasteiger partial charge in [-0.2, -0.15) is 0 Å². The zero-order chi connectivity index (χ0) is 15.7. The maximum atomic E-state index is 12.1. The first-order valence-electron chi connectivity index (χ1n) is 6.22. The molecule has 1 aromatic carbocycles. The molecule has 0 unspecified atom stereocenters. The Morgan fingerprint density at radius 2 is 1.86 bits per heavy atom. The molecule has 5 N–H and O–H groups in total. The maximum Gasteiger partial charge on any atom is 0.258 e. The van der Waals surface area contributed by atoms with E-state index in [1.54, 1.807) is 12.1 Å². The van der Waals surface area contributed by atoms with E-state index in [9.17, 15) is 4.79 Å². The van der Waals surface area contributed by atoms with Gasteiger partial charge in [0.2, 0.25) is 0 Å². The number of aromatic nitrogens is 4. The Hall–Kier alpha value is -2.13. The molecular weight excluding hydrogens is 368 g/mol. The van der Waals surface area contributed by atoms with Crippen LogP contribution in [-0.2, 0) is 5.75 Å². The first-order chi connectivity index (χ1) is 10.5. The number of aromatic amines is 1. The summed E-state index contributed by atoms with van der Waals surface area (Å²) in [6.45, 7) is 0. The monoisotopic (exact) mass is 378 g/mol. The van der Waals surface area contributed by atoms with Crippen molar-refractivity contribution < 1.29 is 0 Å². The summed E-state index contributed by atoms with van der Waals surface area (Å²) in [7, 11) is 0. The van der Waals surface area contributed by atoms with E-state index in [1.807, 2.05) is 6.07 Å². The van der Waals surface area contributed by atoms with Gasteiger partial charge in [-0.3, -0.25) is 4.79 Å². The van der Waals surface area contributed by atoms with E-state index in [0.29, 0.717) is 39.3 Å². The average Bonchev–Trinajstić information content (AvgIpc) is 2.45. The van der Waals surface area contributed by atoms with Gasteiger partial charge in [-0.05, 0) is 18.2 Å². The van der Waals surface area contributed by atoms with E-state index < -0.39 is 0 Å². The zero-order valence-electron chi connectivity index (χ0n) is 11.2. The zero-order valence-corrected chi connectivity index (χ0v) is 13.6. The van der Waals surface area contributed by atoms with E-state index >= 15 is 0 Å². The van der Waals surface area contributed by atoms with Gasteiger partial charge in [0.1, 0.15) is 17.5 Å². The number of H-pyrrole nitrogens is 1. The van der Waals surface area contributed by atoms with Gasteiger partial charge in [0.25, 0.3) is 5.56 Å². The molecule has 112 valence electrons. The minimum Gasteiger partial charge on any atom is -0.383 e. The highest BCUT2D eigenvalue weighted by Crippen LogP contribution is 2.20. The molecule has 0 atom stereocenters. The summed E-state index contributed by atoms with van der Waals surface area (Å²) in [5, 5.41) is 0.976. The van der Waals surface area contributed by atoms with Gasteiger partial charge < -0.3 is 16.5 Å². The number of nitrogen functional groups attached to an aromatic ring is 2. The minimum atomic E-state index is -0.185. The summed E-state index contributed by atoms with van der Waals surface area (Å²) >= 11 is 4.63. The highest BCUT2D eigenvalue weighted by atomic mass is 79.9. The average molecular weight is 379 g/mol. The molecule has 0 aliphatic carbocycles. The second kappa shape index (κ2) is 5.93. The van der Waals surface area contributed by atoms with Crippen LogP contribution in [0, 0.1) is 0 Å². The Kier molecular flexibility index (Phi) is 3.99. The van der Waals surface area contributed by atoms with Crippen molar-refractivity contribution in [3.63, 3.8) is 0 Å². The van der Waals surface area contributed by atoms with Crippen molar-refractivity contribution in [3.05, 3.63) is 44.9 Å². The van der Waals surface area contributed by atoms with Crippen molar-refractivity contribution in [1.29, 1.82) is 0 Å². The summed E-state index contributed by atoms with van der Waals surface area (Å²) in [5.41, 5.74) is 11.7. The molecule has 2 heterocycles. The quantitative estimate of drug-likeness (QED) is 0.469. The number of nitrogens with two attached hydrogens (primary N) is 2. The lowest BCUT2D eigenvalue weighted by Crippen LogP contribution is -2.11. The van der Waals surface area contributed by atoms with Crippen LogP contribution in [0.15, 0.2) is 38.7 Å². The summed E-state index contributed by atoms with van der Waals surface area (Å²) in [6, 6.07) is 6.85. The molecule has 3 aromatic rings. The van der Waals surface area contributed by atoms with Crippen LogP contribution in [0.1, 0.15) is 5.82 Å². The Bertz CT molecular complexity index is 892. The third-order valence-electron chi connectivity index (χ3n) is 2.80. The number of benzene rings is 1. The van der Waals surface area contributed by atoms with E-state index in [-0.39, 0.29) is 5.56 Å². The Morgan fingerprint density at radius 3 is 2.59 bits per heavy atom. The molecule has 0 aliphatic heterocycles. The second-order valence-corrected chi connectivity index (χ2v) is 6.32. The Balaban J connectivity index is 1.88. The molecule has 0 saturated heterocycles. The predicted octanol–water partition coefficient (Wildman–Crippen LogP) is 1.93. The molecule has 7 nitrogen and oxygen atoms in total. The molecule has 0 spiro atoms. The van der Waals surface area contributed by atoms with Gasteiger partial charge in [0.05, 0.1) is 16.7 Å². The summed E-state index contributed by atoms with van der Waals surface area (Å²) < 4.78 is 0.832. The smallest absolute Gasteiger partial charge is 0.258 e. The fraction of sp³-hybridized carbons (Fsp3) is 0.0769. The fourth-order valence-corrected chi connectivity index (χ4v) is 2.99. The van der Waals surface area contributed by atoms with E-state index in [4.69, 9.17) is 11.5 Å². The molecule has 3 rings (SSSR count). The van der Waals surface area contributed by atoms with Crippen molar-refractivity contribution in [1.82, 2.24) is 19.9 Å². The molecule has 0 bridgehead atoms. The van der Waals surface area contributed by atoms with Crippen molar-refractivity contribution in [2.75, 3.05) is 11.5 Å². The number of nitrogens with one attached hydrogen (secondary N) is 1. The SMILES string of the molecule is Nc1cc(N)nc(SCc2nc3ccc(Br)cc3c(=O)[nH]2)n1.